The molecule has 0 unspecified atom stereocenters. The molecule has 9 nitrogen and oxygen atoms in total. The van der Waals surface area contributed by atoms with Gasteiger partial charge in [-0.2, -0.15) is 8.42 Å². The summed E-state index contributed by atoms with van der Waals surface area (Å²) in [6.45, 7) is 7.05. The van der Waals surface area contributed by atoms with Crippen LogP contribution in [0, 0.1) is 19.8 Å². The van der Waals surface area contributed by atoms with E-state index in [1.165, 1.54) is 30.3 Å². The third-order valence-electron chi connectivity index (χ3n) is 4.51. The smallest absolute Gasteiger partial charge is 0.342 e. The van der Waals surface area contributed by atoms with E-state index in [9.17, 15) is 22.8 Å². The van der Waals surface area contributed by atoms with Gasteiger partial charge in [-0.3, -0.25) is 10.1 Å². The molecule has 0 aromatic heterocycles. The molecule has 0 radical (unpaired) electrons. The number of benzene rings is 2. The molecule has 0 spiro atoms. The van der Waals surface area contributed by atoms with Crippen molar-refractivity contribution in [2.75, 3.05) is 13.2 Å². The van der Waals surface area contributed by atoms with Crippen molar-refractivity contribution in [3.8, 4) is 5.75 Å². The van der Waals surface area contributed by atoms with Crippen molar-refractivity contribution in [2.24, 2.45) is 5.92 Å². The van der Waals surface area contributed by atoms with Crippen LogP contribution in [0.1, 0.15) is 41.8 Å². The number of carbonyl (C=O) groups is 3. The van der Waals surface area contributed by atoms with Crippen LogP contribution in [0.15, 0.2) is 47.4 Å². The minimum atomic E-state index is -4.22. The van der Waals surface area contributed by atoms with Crippen LogP contribution in [-0.2, 0) is 19.6 Å². The summed E-state index contributed by atoms with van der Waals surface area (Å²) in [5, 5.41) is 4.58. The third-order valence-corrected chi connectivity index (χ3v) is 5.89. The fourth-order valence-electron chi connectivity index (χ4n) is 2.74. The molecule has 2 aromatic carbocycles. The molecule has 178 valence electrons. The Labute approximate surface area is 193 Å². The second-order valence-corrected chi connectivity index (χ2v) is 9.38. The highest BCUT2D eigenvalue weighted by atomic mass is 32.2. The van der Waals surface area contributed by atoms with E-state index in [1.807, 2.05) is 13.8 Å². The zero-order valence-corrected chi connectivity index (χ0v) is 19.8. The zero-order chi connectivity index (χ0) is 24.6. The topological polar surface area (TPSA) is 128 Å². The van der Waals surface area contributed by atoms with Gasteiger partial charge in [0, 0.05) is 6.54 Å². The molecule has 0 saturated heterocycles. The van der Waals surface area contributed by atoms with Crippen molar-refractivity contribution in [3.05, 3.63) is 59.2 Å². The minimum absolute atomic E-state index is 0.0199. The van der Waals surface area contributed by atoms with Gasteiger partial charge in [-0.05, 0) is 55.5 Å². The van der Waals surface area contributed by atoms with E-state index < -0.39 is 34.6 Å². The number of nitrogens with one attached hydrogen (secondary N) is 2. The average Bonchev–Trinajstić information content (AvgIpc) is 2.73. The molecule has 33 heavy (non-hydrogen) atoms. The second kappa shape index (κ2) is 11.5. The zero-order valence-electron chi connectivity index (χ0n) is 19.0. The van der Waals surface area contributed by atoms with Gasteiger partial charge in [0.05, 0.1) is 0 Å². The molecule has 0 fully saturated rings. The summed E-state index contributed by atoms with van der Waals surface area (Å²) < 4.78 is 35.7. The number of ether oxygens (including phenoxy) is 1. The van der Waals surface area contributed by atoms with Crippen molar-refractivity contribution < 1.29 is 31.7 Å². The molecular formula is C23H28N2O7S. The highest BCUT2D eigenvalue weighted by Crippen LogP contribution is 2.25. The maximum Gasteiger partial charge on any atom is 0.342 e. The van der Waals surface area contributed by atoms with Crippen molar-refractivity contribution in [2.45, 2.75) is 39.0 Å². The Kier molecular flexibility index (Phi) is 8.98. The lowest BCUT2D eigenvalue weighted by Crippen LogP contribution is -2.42. The lowest BCUT2D eigenvalue weighted by molar-refractivity contribution is -0.123. The quantitative estimate of drug-likeness (QED) is 0.420. The Morgan fingerprint density at radius 3 is 2.42 bits per heavy atom. The number of carbonyl (C=O) groups excluding carboxylic acids is 3. The van der Waals surface area contributed by atoms with Crippen molar-refractivity contribution in [3.63, 3.8) is 0 Å². The van der Waals surface area contributed by atoms with Crippen molar-refractivity contribution >= 4 is 28.0 Å². The van der Waals surface area contributed by atoms with Gasteiger partial charge < -0.3 is 14.2 Å². The molecule has 0 saturated carbocycles. The van der Waals surface area contributed by atoms with Crippen LogP contribution in [0.4, 0.5) is 4.79 Å². The van der Waals surface area contributed by atoms with Crippen LogP contribution >= 0.6 is 0 Å². The van der Waals surface area contributed by atoms with Gasteiger partial charge >= 0.3 is 22.1 Å². The van der Waals surface area contributed by atoms with Gasteiger partial charge in [-0.25, -0.2) is 9.59 Å². The summed E-state index contributed by atoms with van der Waals surface area (Å²) in [4.78, 5) is 36.0. The van der Waals surface area contributed by atoms with Crippen LogP contribution in [0.2, 0.25) is 0 Å². The van der Waals surface area contributed by atoms with Crippen LogP contribution < -0.4 is 14.8 Å². The number of imide groups is 1. The molecule has 0 aliphatic heterocycles. The third kappa shape index (κ3) is 7.90. The van der Waals surface area contributed by atoms with E-state index in [4.69, 9.17) is 8.92 Å². The molecule has 2 N–H and O–H groups in total. The molecule has 2 aromatic rings. The molecular weight excluding hydrogens is 448 g/mol. The number of urea groups is 1. The summed E-state index contributed by atoms with van der Waals surface area (Å²) in [5.74, 6) is -1.65. The van der Waals surface area contributed by atoms with Gasteiger partial charge in [0.1, 0.15) is 10.5 Å². The lowest BCUT2D eigenvalue weighted by Gasteiger charge is -2.13. The fraction of sp³-hybridized carbons (Fsp3) is 0.348. The molecule has 2 rings (SSSR count). The van der Waals surface area contributed by atoms with E-state index >= 15 is 0 Å². The Morgan fingerprint density at radius 2 is 1.73 bits per heavy atom. The van der Waals surface area contributed by atoms with Crippen LogP contribution in [0.5, 0.6) is 5.75 Å². The molecule has 0 heterocycles. The Morgan fingerprint density at radius 1 is 1.03 bits per heavy atom. The number of para-hydroxylation sites is 1. The van der Waals surface area contributed by atoms with E-state index in [0.717, 1.165) is 12.0 Å². The van der Waals surface area contributed by atoms with Crippen LogP contribution in [0.3, 0.4) is 0 Å². The number of rotatable bonds is 9. The average molecular weight is 477 g/mol. The van der Waals surface area contributed by atoms with Gasteiger partial charge in [-0.15, -0.1) is 0 Å². The first-order valence-electron chi connectivity index (χ1n) is 10.3. The second-order valence-electron chi connectivity index (χ2n) is 7.87. The van der Waals surface area contributed by atoms with Gasteiger partial charge in [-0.1, -0.05) is 38.1 Å². The summed E-state index contributed by atoms with van der Waals surface area (Å²) in [6.07, 6.45) is 0.748. The molecule has 0 aliphatic rings. The van der Waals surface area contributed by atoms with Gasteiger partial charge in [0.25, 0.3) is 5.91 Å². The molecule has 0 atom stereocenters. The first kappa shape index (κ1) is 25.9. The summed E-state index contributed by atoms with van der Waals surface area (Å²) in [6, 6.07) is 9.82. The number of amides is 3. The van der Waals surface area contributed by atoms with E-state index in [-0.39, 0.29) is 16.2 Å². The minimum Gasteiger partial charge on any atom is -0.452 e. The summed E-state index contributed by atoms with van der Waals surface area (Å²) in [5.41, 5.74) is 1.04. The van der Waals surface area contributed by atoms with Gasteiger partial charge in [0.15, 0.2) is 12.4 Å². The summed E-state index contributed by atoms with van der Waals surface area (Å²) >= 11 is 0. The van der Waals surface area contributed by atoms with Crippen LogP contribution in [-0.4, -0.2) is 39.5 Å². The number of hydrogen-bond donors (Lipinski definition) is 2. The van der Waals surface area contributed by atoms with E-state index in [2.05, 4.69) is 10.6 Å². The number of aryl methyl sites for hydroxylation is 2. The highest BCUT2D eigenvalue weighted by Gasteiger charge is 2.24. The van der Waals surface area contributed by atoms with Crippen molar-refractivity contribution in [1.29, 1.82) is 0 Å². The van der Waals surface area contributed by atoms with E-state index in [0.29, 0.717) is 18.0 Å². The monoisotopic (exact) mass is 476 g/mol. The largest absolute Gasteiger partial charge is 0.452 e. The molecule has 10 heteroatoms. The van der Waals surface area contributed by atoms with Crippen LogP contribution in [0.25, 0.3) is 0 Å². The number of hydrogen-bond acceptors (Lipinski definition) is 7. The van der Waals surface area contributed by atoms with Gasteiger partial charge in [0.2, 0.25) is 0 Å². The molecule has 3 amide bonds. The Balaban J connectivity index is 2.03. The van der Waals surface area contributed by atoms with Crippen molar-refractivity contribution in [1.82, 2.24) is 10.6 Å². The Bertz CT molecular complexity index is 1130. The predicted molar refractivity (Wildman–Crippen MR) is 121 cm³/mol. The molecule has 0 aliphatic carbocycles. The van der Waals surface area contributed by atoms with E-state index in [1.54, 1.807) is 26.0 Å². The standard InChI is InChI=1S/C23H28N2O7S/c1-15(2)11-12-24-23(28)25-21(26)14-31-22(27)18-7-5-6-8-19(18)32-33(29,30)20-13-16(3)9-10-17(20)4/h5-10,13,15H,11-12,14H2,1-4H3,(H2,24,25,26,28). The Hall–Kier alpha value is -3.40. The highest BCUT2D eigenvalue weighted by molar-refractivity contribution is 7.87. The number of esters is 1. The fourth-order valence-corrected chi connectivity index (χ4v) is 4.00. The first-order chi connectivity index (χ1) is 15.5. The predicted octanol–water partition coefficient (Wildman–Crippen LogP) is 3.10. The SMILES string of the molecule is Cc1ccc(C)c(S(=O)(=O)Oc2ccccc2C(=O)OCC(=O)NC(=O)NCCC(C)C)c1. The lowest BCUT2D eigenvalue weighted by atomic mass is 10.1. The first-order valence-corrected chi connectivity index (χ1v) is 11.8. The summed E-state index contributed by atoms with van der Waals surface area (Å²) in [7, 11) is -4.22. The maximum absolute atomic E-state index is 12.8. The normalized spacial score (nSPS) is 11.1. The maximum atomic E-state index is 12.8. The molecule has 0 bridgehead atoms.